The van der Waals surface area contributed by atoms with Crippen LogP contribution in [-0.2, 0) is 25.8 Å². The molecule has 2 aromatic rings. The van der Waals surface area contributed by atoms with Crippen molar-refractivity contribution in [2.45, 2.75) is 0 Å². The van der Waals surface area contributed by atoms with Gasteiger partial charge in [-0.05, 0) is 28.2 Å². The molecule has 0 aliphatic carbocycles. The van der Waals surface area contributed by atoms with E-state index in [1.807, 2.05) is 52.5 Å². The van der Waals surface area contributed by atoms with Gasteiger partial charge in [0.15, 0.2) is 0 Å². The first kappa shape index (κ1) is 16.2. The molecule has 0 aliphatic heterocycles. The first-order chi connectivity index (χ1) is 7.61. The van der Waals surface area contributed by atoms with Gasteiger partial charge in [0.25, 0.3) is 0 Å². The Labute approximate surface area is 123 Å². The molecule has 3 heteroatoms. The maximum absolute atomic E-state index is 2.08. The molecule has 0 saturated carbocycles. The van der Waals surface area contributed by atoms with Crippen LogP contribution in [0.5, 0.6) is 0 Å². The second-order valence-corrected chi connectivity index (χ2v) is 4.08. The predicted molar refractivity (Wildman–Crippen MR) is 72.7 cm³/mol. The smallest absolute Gasteiger partial charge is 0 e. The van der Waals surface area contributed by atoms with Crippen molar-refractivity contribution in [3.8, 4) is 0 Å². The van der Waals surface area contributed by atoms with Gasteiger partial charge in [0.05, 0.1) is 0 Å². The molecule has 0 aromatic heterocycles. The SMILES string of the molecule is CN(C)[c-]1cccc1.CN(C)[c-]1cccc1.[Hf]. The van der Waals surface area contributed by atoms with Crippen molar-refractivity contribution in [3.63, 3.8) is 0 Å². The number of rotatable bonds is 2. The average molecular weight is 395 g/mol. The molecule has 0 bridgehead atoms. The zero-order valence-electron chi connectivity index (χ0n) is 11.0. The van der Waals surface area contributed by atoms with Crippen LogP contribution < -0.4 is 9.80 Å². The van der Waals surface area contributed by atoms with Gasteiger partial charge in [-0.25, -0.2) is 24.3 Å². The molecule has 92 valence electrons. The Morgan fingerprint density at radius 2 is 0.824 bits per heavy atom. The molecule has 0 atom stereocenters. The number of nitrogens with zero attached hydrogens (tertiary/aromatic N) is 2. The van der Waals surface area contributed by atoms with Gasteiger partial charge < -0.3 is 9.80 Å². The minimum absolute atomic E-state index is 0. The van der Waals surface area contributed by atoms with Crippen molar-refractivity contribution in [2.24, 2.45) is 0 Å². The van der Waals surface area contributed by atoms with Gasteiger partial charge >= 0.3 is 0 Å². The van der Waals surface area contributed by atoms with Crippen LogP contribution in [0.1, 0.15) is 0 Å². The van der Waals surface area contributed by atoms with Crippen molar-refractivity contribution in [2.75, 3.05) is 38.0 Å². The van der Waals surface area contributed by atoms with Crippen molar-refractivity contribution in [1.82, 2.24) is 0 Å². The van der Waals surface area contributed by atoms with Crippen LogP contribution in [-0.4, -0.2) is 28.2 Å². The van der Waals surface area contributed by atoms with E-state index in [2.05, 4.69) is 34.1 Å². The predicted octanol–water partition coefficient (Wildman–Crippen LogP) is 2.94. The van der Waals surface area contributed by atoms with Crippen LogP contribution in [0.15, 0.2) is 48.5 Å². The molecule has 0 radical (unpaired) electrons. The van der Waals surface area contributed by atoms with Gasteiger partial charge in [-0.2, -0.15) is 24.3 Å². The fourth-order valence-electron chi connectivity index (χ4n) is 1.32. The largest absolute Gasteiger partial charge is 0.429 e. The van der Waals surface area contributed by atoms with Crippen molar-refractivity contribution in [1.29, 1.82) is 0 Å². The molecule has 0 fully saturated rings. The summed E-state index contributed by atoms with van der Waals surface area (Å²) in [6, 6.07) is 16.5. The third-order valence-corrected chi connectivity index (χ3v) is 2.32. The fourth-order valence-corrected chi connectivity index (χ4v) is 1.32. The standard InChI is InChI=1S/2C7H10N.Hf/c2*1-8(2)7-5-3-4-6-7;/h2*3-6H,1-2H3;/q2*-1;. The Balaban J connectivity index is 0.000000284. The Morgan fingerprint density at radius 1 is 0.588 bits per heavy atom. The van der Waals surface area contributed by atoms with E-state index >= 15 is 0 Å². The van der Waals surface area contributed by atoms with E-state index in [0.717, 1.165) is 0 Å². The third-order valence-electron chi connectivity index (χ3n) is 2.32. The molecule has 0 spiro atoms. The van der Waals surface area contributed by atoms with E-state index in [0.29, 0.717) is 0 Å². The summed E-state index contributed by atoms with van der Waals surface area (Å²) >= 11 is 0. The zero-order chi connectivity index (χ0) is 12.0. The number of anilines is 2. The van der Waals surface area contributed by atoms with E-state index in [4.69, 9.17) is 0 Å². The number of hydrogen-bond donors (Lipinski definition) is 0. The molecule has 0 amide bonds. The second kappa shape index (κ2) is 8.29. The Morgan fingerprint density at radius 3 is 0.941 bits per heavy atom. The monoisotopic (exact) mass is 396 g/mol. The van der Waals surface area contributed by atoms with Crippen molar-refractivity contribution >= 4 is 11.4 Å². The molecule has 17 heavy (non-hydrogen) atoms. The molecular weight excluding hydrogens is 375 g/mol. The summed E-state index contributed by atoms with van der Waals surface area (Å²) in [6.45, 7) is 0. The molecule has 0 heterocycles. The molecule has 2 nitrogen and oxygen atoms in total. The summed E-state index contributed by atoms with van der Waals surface area (Å²) in [5, 5.41) is 0. The Kier molecular flexibility index (Phi) is 7.88. The van der Waals surface area contributed by atoms with Crippen LogP contribution >= 0.6 is 0 Å². The number of hydrogen-bond acceptors (Lipinski definition) is 2. The van der Waals surface area contributed by atoms with Crippen LogP contribution in [0.3, 0.4) is 0 Å². The molecular formula is C14H20HfN2-2. The average Bonchev–Trinajstić information content (AvgIpc) is 2.93. The summed E-state index contributed by atoms with van der Waals surface area (Å²) in [6.07, 6.45) is 0. The Hall–Kier alpha value is -0.830. The summed E-state index contributed by atoms with van der Waals surface area (Å²) in [7, 11) is 8.15. The van der Waals surface area contributed by atoms with Crippen molar-refractivity contribution in [3.05, 3.63) is 48.5 Å². The van der Waals surface area contributed by atoms with Crippen LogP contribution in [0.25, 0.3) is 0 Å². The van der Waals surface area contributed by atoms with Crippen LogP contribution in [0.2, 0.25) is 0 Å². The van der Waals surface area contributed by atoms with Gasteiger partial charge in [0, 0.05) is 25.8 Å². The fraction of sp³-hybridized carbons (Fsp3) is 0.286. The molecule has 0 aliphatic rings. The minimum Gasteiger partial charge on any atom is -0.429 e. The first-order valence-corrected chi connectivity index (χ1v) is 5.39. The maximum atomic E-state index is 2.08. The summed E-state index contributed by atoms with van der Waals surface area (Å²) < 4.78 is 0. The Bertz CT molecular complexity index is 323. The topological polar surface area (TPSA) is 6.48 Å². The zero-order valence-corrected chi connectivity index (χ0v) is 14.6. The molecule has 0 saturated heterocycles. The summed E-state index contributed by atoms with van der Waals surface area (Å²) in [4.78, 5) is 4.17. The van der Waals surface area contributed by atoms with Gasteiger partial charge in [-0.15, -0.1) is 0 Å². The second-order valence-electron chi connectivity index (χ2n) is 4.08. The van der Waals surface area contributed by atoms with E-state index in [-0.39, 0.29) is 25.8 Å². The molecule has 2 rings (SSSR count). The normalized spacial score (nSPS) is 8.71. The first-order valence-electron chi connectivity index (χ1n) is 5.39. The molecule has 0 N–H and O–H groups in total. The van der Waals surface area contributed by atoms with Gasteiger partial charge in [-0.1, -0.05) is 11.4 Å². The van der Waals surface area contributed by atoms with Crippen molar-refractivity contribution < 1.29 is 25.8 Å². The van der Waals surface area contributed by atoms with Crippen LogP contribution in [0, 0.1) is 0 Å². The third kappa shape index (κ3) is 5.87. The van der Waals surface area contributed by atoms with E-state index in [9.17, 15) is 0 Å². The minimum atomic E-state index is 0. The maximum Gasteiger partial charge on any atom is 0 e. The molecule has 0 unspecified atom stereocenters. The van der Waals surface area contributed by atoms with E-state index < -0.39 is 0 Å². The van der Waals surface area contributed by atoms with E-state index in [1.165, 1.54) is 11.4 Å². The van der Waals surface area contributed by atoms with Crippen LogP contribution in [0.4, 0.5) is 11.4 Å². The van der Waals surface area contributed by atoms with E-state index in [1.54, 1.807) is 0 Å². The summed E-state index contributed by atoms with van der Waals surface area (Å²) in [5.41, 5.74) is 2.54. The van der Waals surface area contributed by atoms with Gasteiger partial charge in [-0.3, -0.25) is 0 Å². The molecule has 2 aromatic carbocycles. The van der Waals surface area contributed by atoms with Gasteiger partial charge in [0.2, 0.25) is 0 Å². The summed E-state index contributed by atoms with van der Waals surface area (Å²) in [5.74, 6) is 0. The van der Waals surface area contributed by atoms with Gasteiger partial charge in [0.1, 0.15) is 0 Å². The quantitative estimate of drug-likeness (QED) is 0.571.